The second kappa shape index (κ2) is 7.05. The van der Waals surface area contributed by atoms with E-state index in [2.05, 4.69) is 12.6 Å². The Hall–Kier alpha value is -3.06. The lowest BCUT2D eigenvalue weighted by Gasteiger charge is -2.13. The third kappa shape index (κ3) is 3.48. The maximum atomic E-state index is 12.5. The molecule has 1 fully saturated rings. The number of esters is 1. The molecule has 1 unspecified atom stereocenters. The summed E-state index contributed by atoms with van der Waals surface area (Å²) in [6, 6.07) is 18.5. The number of carbonyl (C=O) groups is 1. The number of rotatable bonds is 6. The maximum Gasteiger partial charge on any atom is 0.311 e. The van der Waals surface area contributed by atoms with Gasteiger partial charge in [-0.2, -0.15) is 5.26 Å². The van der Waals surface area contributed by atoms with Crippen molar-refractivity contribution in [3.05, 3.63) is 72.8 Å². The lowest BCUT2D eigenvalue weighted by Crippen LogP contribution is -2.14. The van der Waals surface area contributed by atoms with Crippen molar-refractivity contribution in [3.8, 4) is 17.6 Å². The van der Waals surface area contributed by atoms with Crippen LogP contribution in [0.3, 0.4) is 0 Å². The molecule has 0 amide bonds. The van der Waals surface area contributed by atoms with E-state index in [1.54, 1.807) is 30.3 Å². The number of carbonyl (C=O) groups excluding carboxylic acids is 1. The maximum absolute atomic E-state index is 12.5. The van der Waals surface area contributed by atoms with E-state index in [4.69, 9.17) is 9.47 Å². The number of benzene rings is 2. The summed E-state index contributed by atoms with van der Waals surface area (Å²) in [5, 5.41) is 9.48. The van der Waals surface area contributed by atoms with E-state index in [0.717, 1.165) is 0 Å². The highest BCUT2D eigenvalue weighted by atomic mass is 16.5. The number of hydrogen-bond donors (Lipinski definition) is 0. The van der Waals surface area contributed by atoms with Crippen molar-refractivity contribution >= 4 is 5.97 Å². The van der Waals surface area contributed by atoms with Crippen LogP contribution in [-0.4, -0.2) is 5.97 Å². The summed E-state index contributed by atoms with van der Waals surface area (Å²) in [6.45, 7) is 7.77. The molecule has 3 rings (SSSR count). The molecule has 4 heteroatoms. The molecule has 2 aromatic rings. The molecule has 3 atom stereocenters. The molecule has 0 aromatic heterocycles. The zero-order valence-corrected chi connectivity index (χ0v) is 14.9. The summed E-state index contributed by atoms with van der Waals surface area (Å²) in [6.07, 6.45) is 0.811. The Balaban J connectivity index is 1.73. The van der Waals surface area contributed by atoms with Crippen molar-refractivity contribution in [2.45, 2.75) is 20.0 Å². The first-order chi connectivity index (χ1) is 12.5. The Morgan fingerprint density at radius 3 is 2.50 bits per heavy atom. The fraction of sp³-hybridized carbons (Fsp3) is 0.273. The van der Waals surface area contributed by atoms with Crippen molar-refractivity contribution in [2.75, 3.05) is 0 Å². The number of nitriles is 1. The van der Waals surface area contributed by atoms with Crippen molar-refractivity contribution in [1.82, 2.24) is 0 Å². The summed E-state index contributed by atoms with van der Waals surface area (Å²) in [5.74, 6) is 0.756. The number of ether oxygens (including phenoxy) is 2. The second-order valence-corrected chi connectivity index (χ2v) is 6.99. The van der Waals surface area contributed by atoms with Gasteiger partial charge in [0.1, 0.15) is 17.6 Å². The van der Waals surface area contributed by atoms with Gasteiger partial charge in [0.15, 0.2) is 0 Å². The summed E-state index contributed by atoms with van der Waals surface area (Å²) in [7, 11) is 0. The number of nitrogens with zero attached hydrogens (tertiary/aromatic N) is 1. The lowest BCUT2D eigenvalue weighted by molar-refractivity contribution is -0.149. The van der Waals surface area contributed by atoms with Gasteiger partial charge in [-0.3, -0.25) is 4.79 Å². The highest BCUT2D eigenvalue weighted by Gasteiger charge is 2.61. The van der Waals surface area contributed by atoms with Crippen molar-refractivity contribution in [3.63, 3.8) is 0 Å². The molecule has 2 aromatic carbocycles. The summed E-state index contributed by atoms with van der Waals surface area (Å²) in [4.78, 5) is 12.5. The van der Waals surface area contributed by atoms with Gasteiger partial charge in [-0.1, -0.05) is 50.3 Å². The first-order valence-corrected chi connectivity index (χ1v) is 8.53. The highest BCUT2D eigenvalue weighted by Crippen LogP contribution is 2.59. The molecule has 0 radical (unpaired) electrons. The zero-order valence-electron chi connectivity index (χ0n) is 14.9. The van der Waals surface area contributed by atoms with Crippen LogP contribution in [0.4, 0.5) is 0 Å². The normalized spacial score (nSPS) is 21.1. The Bertz CT molecular complexity index is 851. The molecule has 1 saturated carbocycles. The van der Waals surface area contributed by atoms with Gasteiger partial charge in [-0.05, 0) is 35.6 Å². The predicted molar refractivity (Wildman–Crippen MR) is 98.4 cm³/mol. The molecule has 0 heterocycles. The van der Waals surface area contributed by atoms with Gasteiger partial charge in [0.05, 0.1) is 5.92 Å². The number of allylic oxidation sites excluding steroid dienone is 1. The van der Waals surface area contributed by atoms with Crippen LogP contribution in [0.2, 0.25) is 0 Å². The first-order valence-electron chi connectivity index (χ1n) is 8.53. The molecule has 132 valence electrons. The molecule has 0 spiro atoms. The molecule has 4 nitrogen and oxygen atoms in total. The van der Waals surface area contributed by atoms with E-state index in [-0.39, 0.29) is 23.2 Å². The highest BCUT2D eigenvalue weighted by molar-refractivity contribution is 5.78. The minimum absolute atomic E-state index is 0.0853. The predicted octanol–water partition coefficient (Wildman–Crippen LogP) is 5.04. The van der Waals surface area contributed by atoms with Gasteiger partial charge in [0.25, 0.3) is 0 Å². The standard InChI is InChI=1S/C22H21NO3/c1-4-18-20(22(18,2)3)21(24)26-19(14-23)15-9-8-12-17(13-15)25-16-10-6-5-7-11-16/h4-13,18-20H,1H2,2-3H3/t18?,19-,20+/m0/s1. The van der Waals surface area contributed by atoms with E-state index >= 15 is 0 Å². The Morgan fingerprint density at radius 2 is 1.88 bits per heavy atom. The molecular weight excluding hydrogens is 326 g/mol. The Kier molecular flexibility index (Phi) is 4.81. The molecule has 0 bridgehead atoms. The molecular formula is C22H21NO3. The van der Waals surface area contributed by atoms with Crippen LogP contribution in [0, 0.1) is 28.6 Å². The summed E-state index contributed by atoms with van der Waals surface area (Å²) >= 11 is 0. The van der Waals surface area contributed by atoms with E-state index in [0.29, 0.717) is 17.1 Å². The van der Waals surface area contributed by atoms with Crippen molar-refractivity contribution in [2.24, 2.45) is 17.3 Å². The number of hydrogen-bond acceptors (Lipinski definition) is 4. The van der Waals surface area contributed by atoms with Crippen LogP contribution in [0.15, 0.2) is 67.3 Å². The van der Waals surface area contributed by atoms with Crippen LogP contribution in [0.25, 0.3) is 0 Å². The van der Waals surface area contributed by atoms with Gasteiger partial charge in [-0.15, -0.1) is 6.58 Å². The van der Waals surface area contributed by atoms with Crippen LogP contribution >= 0.6 is 0 Å². The first kappa shape index (κ1) is 17.8. The minimum Gasteiger partial charge on any atom is -0.457 e. The fourth-order valence-electron chi connectivity index (χ4n) is 3.29. The van der Waals surface area contributed by atoms with Gasteiger partial charge in [0, 0.05) is 5.56 Å². The largest absolute Gasteiger partial charge is 0.457 e. The van der Waals surface area contributed by atoms with E-state index in [9.17, 15) is 10.1 Å². The van der Waals surface area contributed by atoms with Gasteiger partial charge >= 0.3 is 5.97 Å². The van der Waals surface area contributed by atoms with Crippen LogP contribution < -0.4 is 4.74 Å². The van der Waals surface area contributed by atoms with Crippen molar-refractivity contribution < 1.29 is 14.3 Å². The van der Waals surface area contributed by atoms with E-state index in [1.165, 1.54) is 0 Å². The quantitative estimate of drug-likeness (QED) is 0.542. The SMILES string of the molecule is C=CC1[C@H](C(=O)O[C@@H](C#N)c2cccc(Oc3ccccc3)c2)C1(C)C. The topological polar surface area (TPSA) is 59.3 Å². The smallest absolute Gasteiger partial charge is 0.311 e. The summed E-state index contributed by atoms with van der Waals surface area (Å²) < 4.78 is 11.3. The average molecular weight is 347 g/mol. The summed E-state index contributed by atoms with van der Waals surface area (Å²) in [5.41, 5.74) is 0.416. The molecule has 26 heavy (non-hydrogen) atoms. The molecule has 1 aliphatic carbocycles. The number of para-hydroxylation sites is 1. The van der Waals surface area contributed by atoms with E-state index < -0.39 is 6.10 Å². The third-order valence-corrected chi connectivity index (χ3v) is 4.91. The Morgan fingerprint density at radius 1 is 1.19 bits per heavy atom. The molecule has 0 aliphatic heterocycles. The zero-order chi connectivity index (χ0) is 18.7. The molecule has 1 aliphatic rings. The van der Waals surface area contributed by atoms with Crippen molar-refractivity contribution in [1.29, 1.82) is 5.26 Å². The average Bonchev–Trinajstić information content (AvgIpc) is 3.21. The fourth-order valence-corrected chi connectivity index (χ4v) is 3.29. The van der Waals surface area contributed by atoms with Gasteiger partial charge in [-0.25, -0.2) is 0 Å². The third-order valence-electron chi connectivity index (χ3n) is 4.91. The lowest BCUT2D eigenvalue weighted by atomic mass is 10.1. The molecule has 0 saturated heterocycles. The minimum atomic E-state index is -0.969. The van der Waals surface area contributed by atoms with Crippen LogP contribution in [-0.2, 0) is 9.53 Å². The van der Waals surface area contributed by atoms with Crippen LogP contribution in [0.5, 0.6) is 11.5 Å². The van der Waals surface area contributed by atoms with Crippen LogP contribution in [0.1, 0.15) is 25.5 Å². The van der Waals surface area contributed by atoms with Gasteiger partial charge in [0.2, 0.25) is 6.10 Å². The van der Waals surface area contributed by atoms with Gasteiger partial charge < -0.3 is 9.47 Å². The monoisotopic (exact) mass is 347 g/mol. The molecule has 0 N–H and O–H groups in total. The Labute approximate surface area is 153 Å². The second-order valence-electron chi connectivity index (χ2n) is 6.99. The van der Waals surface area contributed by atoms with E-state index in [1.807, 2.05) is 44.2 Å².